The van der Waals surface area contributed by atoms with Crippen molar-refractivity contribution in [2.24, 2.45) is 0 Å². The van der Waals surface area contributed by atoms with Crippen LogP contribution in [0.2, 0.25) is 0 Å². The van der Waals surface area contributed by atoms with Gasteiger partial charge in [0.2, 0.25) is 0 Å². The van der Waals surface area contributed by atoms with Crippen molar-refractivity contribution in [1.82, 2.24) is 0 Å². The molecule has 0 amide bonds. The minimum absolute atomic E-state index is 0.111. The number of anilines is 1. The number of fused-ring (bicyclic) bond motifs is 2. The van der Waals surface area contributed by atoms with E-state index in [0.717, 1.165) is 11.3 Å². The Balaban J connectivity index is 0.000000244. The molecule has 2 nitrogen and oxygen atoms in total. The Morgan fingerprint density at radius 2 is 1.55 bits per heavy atom. The van der Waals surface area contributed by atoms with Crippen LogP contribution in [-0.2, 0) is 25.4 Å². The van der Waals surface area contributed by atoms with Crippen molar-refractivity contribution >= 4 is 29.7 Å². The molecule has 0 radical (unpaired) electrons. The first-order valence-corrected chi connectivity index (χ1v) is 20.7. The third-order valence-electron chi connectivity index (χ3n) is 8.47. The van der Waals surface area contributed by atoms with Crippen molar-refractivity contribution in [3.8, 4) is 5.75 Å². The third-order valence-corrected chi connectivity index (χ3v) is 10.3. The van der Waals surface area contributed by atoms with E-state index in [0.29, 0.717) is 11.8 Å². The predicted octanol–water partition coefficient (Wildman–Crippen LogP) is 10.8. The Morgan fingerprint density at radius 3 is 2.14 bits per heavy atom. The van der Waals surface area contributed by atoms with Crippen LogP contribution in [0.15, 0.2) is 60.7 Å². The zero-order valence-electron chi connectivity index (χ0n) is 26.7. The second-order valence-corrected chi connectivity index (χ2v) is 19.1. The maximum absolute atomic E-state index is 5.82. The molecule has 1 atom stereocenters. The molecule has 0 aromatic heterocycles. The smallest absolute Gasteiger partial charge is 0.0145 e. The number of benzene rings is 3. The summed E-state index contributed by atoms with van der Waals surface area (Å²) in [6, 6.07) is 21.8. The molecule has 1 fully saturated rings. The standard InChI is InChI=1S/C27H36N.C10H12O.2ClH.Ru/c1-18(2)22-9-8-10-23(19(3)4)25(22)28-17-27(16-26(28,6)7)14-13-21-12-11-20(5)15-24(21)27;1-8(2)11-10-7-5-4-6-9(10)3;;;/h8-12,15,17-19H,13-14,16H2,1-7H3;3-8H,1-2H3;2*1H;/q-1;;;;+2/p-2/t27-;;;;/m0..../s1. The topological polar surface area (TPSA) is 12.5 Å². The van der Waals surface area contributed by atoms with Gasteiger partial charge in [-0.3, -0.25) is 0 Å². The average Bonchev–Trinajstić information content (AvgIpc) is 3.38. The van der Waals surface area contributed by atoms with E-state index < -0.39 is 13.5 Å². The van der Waals surface area contributed by atoms with E-state index in [1.165, 1.54) is 41.6 Å². The largest absolute Gasteiger partial charge is 0.517 e. The summed E-state index contributed by atoms with van der Waals surface area (Å²) < 4.78 is 7.51. The summed E-state index contributed by atoms with van der Waals surface area (Å²) in [5.74, 6) is 1.89. The Bertz CT molecular complexity index is 1400. The van der Waals surface area contributed by atoms with Crippen LogP contribution in [0.5, 0.6) is 5.75 Å². The predicted molar refractivity (Wildman–Crippen MR) is 180 cm³/mol. The maximum atomic E-state index is 5.82. The van der Waals surface area contributed by atoms with Crippen LogP contribution in [0, 0.1) is 13.5 Å². The van der Waals surface area contributed by atoms with E-state index in [1.54, 1.807) is 11.1 Å². The normalized spacial score (nSPS) is 19.3. The summed E-state index contributed by atoms with van der Waals surface area (Å²) in [6.45, 7) is 23.0. The van der Waals surface area contributed by atoms with Crippen molar-refractivity contribution in [2.75, 3.05) is 4.90 Å². The van der Waals surface area contributed by atoms with Crippen LogP contribution in [-0.4, -0.2) is 16.3 Å². The van der Waals surface area contributed by atoms with E-state index in [2.05, 4.69) is 96.3 Å². The molecule has 230 valence electrons. The number of aryl methyl sites for hydroxylation is 2. The zero-order chi connectivity index (χ0) is 30.8. The number of halogens is 2. The summed E-state index contributed by atoms with van der Waals surface area (Å²) in [4.78, 5) is 2.66. The molecule has 3 aromatic carbocycles. The molecule has 2 aliphatic rings. The van der Waals surface area contributed by atoms with Gasteiger partial charge in [-0.1, -0.05) is 81.6 Å². The van der Waals surface area contributed by atoms with E-state index >= 15 is 0 Å². The minimum Gasteiger partial charge on any atom is -0.517 e. The van der Waals surface area contributed by atoms with Crippen molar-refractivity contribution < 1.29 is 18.3 Å². The Morgan fingerprint density at radius 1 is 0.905 bits per heavy atom. The Hall–Kier alpha value is -1.67. The second kappa shape index (κ2) is 13.5. The molecule has 42 heavy (non-hydrogen) atoms. The summed E-state index contributed by atoms with van der Waals surface area (Å²) in [5.41, 5.74) is 10.2. The van der Waals surface area contributed by atoms with E-state index in [4.69, 9.17) is 24.1 Å². The Labute approximate surface area is 268 Å². The van der Waals surface area contributed by atoms with Crippen LogP contribution < -0.4 is 9.64 Å². The molecule has 1 aliphatic heterocycles. The van der Waals surface area contributed by atoms with Crippen LogP contribution in [0.1, 0.15) is 113 Å². The number of nitrogens with zero attached hydrogens (tertiary/aromatic N) is 1. The van der Waals surface area contributed by atoms with Gasteiger partial charge in [0.1, 0.15) is 0 Å². The monoisotopic (exact) mass is 694 g/mol. The van der Waals surface area contributed by atoms with Gasteiger partial charge in [0.15, 0.2) is 0 Å². The SMILES string of the molecule is CC(C)Oc1ccccc1[CH]=[Ru]([Cl])[Cl].Cc1ccc2c(c1)[C@@]1([CH-]N(c3c(C(C)C)cccc3C(C)C)C(C)(C)C1)CC2. The van der Waals surface area contributed by atoms with Crippen LogP contribution in [0.4, 0.5) is 5.69 Å². The van der Waals surface area contributed by atoms with Gasteiger partial charge in [-0.05, 0) is 62.1 Å². The van der Waals surface area contributed by atoms with E-state index in [9.17, 15) is 0 Å². The molecule has 0 unspecified atom stereocenters. The van der Waals surface area contributed by atoms with Gasteiger partial charge in [-0.25, -0.2) is 6.54 Å². The van der Waals surface area contributed by atoms with Crippen LogP contribution in [0.3, 0.4) is 0 Å². The third kappa shape index (κ3) is 7.34. The summed E-state index contributed by atoms with van der Waals surface area (Å²) >= 11 is -1.77. The van der Waals surface area contributed by atoms with Crippen molar-refractivity contribution in [1.29, 1.82) is 0 Å². The summed E-state index contributed by atoms with van der Waals surface area (Å²) in [7, 11) is 11.6. The first-order valence-electron chi connectivity index (χ1n) is 15.2. The summed E-state index contributed by atoms with van der Waals surface area (Å²) in [5, 5.41) is 0. The van der Waals surface area contributed by atoms with Gasteiger partial charge in [-0.15, -0.1) is 5.41 Å². The maximum Gasteiger partial charge on any atom is 0.0145 e. The Kier molecular flexibility index (Phi) is 10.7. The van der Waals surface area contributed by atoms with Gasteiger partial charge in [0, 0.05) is 11.2 Å². The number of rotatable bonds is 6. The minimum atomic E-state index is -1.77. The molecule has 1 spiro atoms. The number of hydrogen-bond acceptors (Lipinski definition) is 2. The van der Waals surface area contributed by atoms with Gasteiger partial charge in [-0.2, -0.15) is 0 Å². The molecule has 3 aromatic rings. The first kappa shape index (κ1) is 33.2. The fourth-order valence-corrected chi connectivity index (χ4v) is 8.48. The molecule has 5 rings (SSSR count). The molecular weight excluding hydrogens is 646 g/mol. The fraction of sp³-hybridized carbons (Fsp3) is 0.459. The van der Waals surface area contributed by atoms with Gasteiger partial charge < -0.3 is 4.90 Å². The van der Waals surface area contributed by atoms with Crippen LogP contribution >= 0.6 is 19.4 Å². The quantitative estimate of drug-likeness (QED) is 0.188. The number of hydrogen-bond donors (Lipinski definition) is 0. The van der Waals surface area contributed by atoms with Crippen molar-refractivity contribution in [3.05, 3.63) is 101 Å². The second-order valence-electron chi connectivity index (χ2n) is 13.4. The van der Waals surface area contributed by atoms with E-state index in [-0.39, 0.29) is 17.1 Å². The van der Waals surface area contributed by atoms with Crippen molar-refractivity contribution in [3.63, 3.8) is 0 Å². The molecular formula is C37H48Cl2NORu-. The molecule has 1 heterocycles. The zero-order valence-corrected chi connectivity index (χ0v) is 30.0. The summed E-state index contributed by atoms with van der Waals surface area (Å²) in [6.07, 6.45) is 3.81. The number of ether oxygens (including phenoxy) is 1. The fourth-order valence-electron chi connectivity index (χ4n) is 6.67. The number of para-hydroxylation sites is 2. The van der Waals surface area contributed by atoms with Crippen LogP contribution in [0.25, 0.3) is 0 Å². The molecule has 5 heteroatoms. The van der Waals surface area contributed by atoms with Gasteiger partial charge in [0.05, 0.1) is 0 Å². The average molecular weight is 695 g/mol. The molecule has 0 N–H and O–H groups in total. The molecule has 0 bridgehead atoms. The van der Waals surface area contributed by atoms with Gasteiger partial charge >= 0.3 is 97.8 Å². The molecule has 1 saturated heterocycles. The van der Waals surface area contributed by atoms with Gasteiger partial charge in [0.25, 0.3) is 0 Å². The first-order chi connectivity index (χ1) is 19.7. The molecule has 1 aliphatic carbocycles. The van der Waals surface area contributed by atoms with Crippen molar-refractivity contribution in [2.45, 2.75) is 110 Å². The molecule has 0 saturated carbocycles. The van der Waals surface area contributed by atoms with E-state index in [1.807, 2.05) is 42.7 Å².